The summed E-state index contributed by atoms with van der Waals surface area (Å²) in [4.78, 5) is 13.2. The molecule has 0 aromatic carbocycles. The van der Waals surface area contributed by atoms with E-state index in [0.717, 1.165) is 19.4 Å². The van der Waals surface area contributed by atoms with Gasteiger partial charge in [0, 0.05) is 12.6 Å². The lowest BCUT2D eigenvalue weighted by Gasteiger charge is -2.31. The molecule has 1 aliphatic heterocycles. The molecule has 0 aliphatic carbocycles. The molecule has 1 saturated heterocycles. The van der Waals surface area contributed by atoms with Crippen LogP contribution in [0.4, 0.5) is 0 Å². The van der Waals surface area contributed by atoms with Crippen LogP contribution in [0.15, 0.2) is 0 Å². The molecular formula is C13H25NO. The molecule has 2 heteroatoms. The Kier molecular flexibility index (Phi) is 4.62. The molecule has 0 bridgehead atoms. The largest absolute Gasteiger partial charge is 0.342 e. The first-order valence-corrected chi connectivity index (χ1v) is 6.31. The molecule has 1 rings (SSSR count). The van der Waals surface area contributed by atoms with Gasteiger partial charge >= 0.3 is 0 Å². The number of hydrogen-bond donors (Lipinski definition) is 0. The van der Waals surface area contributed by atoms with Gasteiger partial charge in [-0.05, 0) is 37.0 Å². The number of rotatable bonds is 3. The van der Waals surface area contributed by atoms with Crippen molar-refractivity contribution in [1.82, 2.24) is 4.90 Å². The van der Waals surface area contributed by atoms with Gasteiger partial charge in [0.2, 0.25) is 6.41 Å². The molecule has 3 atom stereocenters. The number of carbonyl (C=O) groups is 1. The van der Waals surface area contributed by atoms with Crippen LogP contribution in [0.3, 0.4) is 0 Å². The summed E-state index contributed by atoms with van der Waals surface area (Å²) in [5.74, 6) is 2.04. The quantitative estimate of drug-likeness (QED) is 0.657. The van der Waals surface area contributed by atoms with E-state index < -0.39 is 0 Å². The Labute approximate surface area is 94.0 Å². The van der Waals surface area contributed by atoms with Crippen LogP contribution in [0.1, 0.15) is 47.0 Å². The lowest BCUT2D eigenvalue weighted by atomic mass is 9.89. The Morgan fingerprint density at radius 2 is 2.07 bits per heavy atom. The summed E-state index contributed by atoms with van der Waals surface area (Å²) in [7, 11) is 0. The highest BCUT2D eigenvalue weighted by atomic mass is 16.1. The zero-order valence-electron chi connectivity index (χ0n) is 10.6. The van der Waals surface area contributed by atoms with Crippen molar-refractivity contribution in [2.45, 2.75) is 53.0 Å². The summed E-state index contributed by atoms with van der Waals surface area (Å²) < 4.78 is 0. The molecule has 1 aliphatic rings. The van der Waals surface area contributed by atoms with Crippen molar-refractivity contribution >= 4 is 6.41 Å². The van der Waals surface area contributed by atoms with Crippen molar-refractivity contribution in [3.05, 3.63) is 0 Å². The molecule has 0 N–H and O–H groups in total. The summed E-state index contributed by atoms with van der Waals surface area (Å²) in [6.45, 7) is 9.97. The van der Waals surface area contributed by atoms with Crippen LogP contribution < -0.4 is 0 Å². The Morgan fingerprint density at radius 3 is 2.53 bits per heavy atom. The van der Waals surface area contributed by atoms with Crippen LogP contribution in [0, 0.1) is 17.8 Å². The summed E-state index contributed by atoms with van der Waals surface area (Å²) in [6, 6.07) is 0.464. The van der Waals surface area contributed by atoms with Crippen molar-refractivity contribution in [3.8, 4) is 0 Å². The number of nitrogens with zero attached hydrogens (tertiary/aromatic N) is 1. The van der Waals surface area contributed by atoms with Gasteiger partial charge in [0.25, 0.3) is 0 Å². The molecule has 0 radical (unpaired) electrons. The average Bonchev–Trinajstić information content (AvgIpc) is 2.36. The van der Waals surface area contributed by atoms with Gasteiger partial charge in [0.15, 0.2) is 0 Å². The normalized spacial score (nSPS) is 32.9. The van der Waals surface area contributed by atoms with Crippen LogP contribution in [0.5, 0.6) is 0 Å². The highest BCUT2D eigenvalue weighted by molar-refractivity contribution is 5.48. The lowest BCUT2D eigenvalue weighted by molar-refractivity contribution is -0.121. The van der Waals surface area contributed by atoms with Gasteiger partial charge in [-0.25, -0.2) is 0 Å². The summed E-state index contributed by atoms with van der Waals surface area (Å²) in [6.07, 6.45) is 4.70. The van der Waals surface area contributed by atoms with Gasteiger partial charge in [-0.3, -0.25) is 4.79 Å². The fraction of sp³-hybridized carbons (Fsp3) is 0.923. The van der Waals surface area contributed by atoms with Crippen LogP contribution in [0.25, 0.3) is 0 Å². The standard InChI is InChI=1S/C13H25NO/c1-5-13-11(4)6-7-12(10(2)3)8-14(13)9-15/h9-13H,5-8H2,1-4H3. The third-order valence-electron chi connectivity index (χ3n) is 4.02. The maximum atomic E-state index is 11.1. The Bertz CT molecular complexity index is 203. The van der Waals surface area contributed by atoms with Crippen LogP contribution in [0.2, 0.25) is 0 Å². The lowest BCUT2D eigenvalue weighted by Crippen LogP contribution is -2.39. The number of amides is 1. The van der Waals surface area contributed by atoms with E-state index in [1.54, 1.807) is 0 Å². The third kappa shape index (κ3) is 2.96. The monoisotopic (exact) mass is 211 g/mol. The van der Waals surface area contributed by atoms with E-state index in [2.05, 4.69) is 27.7 Å². The first kappa shape index (κ1) is 12.5. The predicted octanol–water partition coefficient (Wildman–Crippen LogP) is 2.93. The van der Waals surface area contributed by atoms with Crippen molar-refractivity contribution < 1.29 is 4.79 Å². The van der Waals surface area contributed by atoms with E-state index in [-0.39, 0.29) is 0 Å². The molecule has 15 heavy (non-hydrogen) atoms. The van der Waals surface area contributed by atoms with Crippen molar-refractivity contribution in [1.29, 1.82) is 0 Å². The smallest absolute Gasteiger partial charge is 0.209 e. The van der Waals surface area contributed by atoms with Gasteiger partial charge in [-0.15, -0.1) is 0 Å². The Hall–Kier alpha value is -0.530. The zero-order chi connectivity index (χ0) is 11.4. The molecule has 3 unspecified atom stereocenters. The van der Waals surface area contributed by atoms with Crippen molar-refractivity contribution in [2.75, 3.05) is 6.54 Å². The van der Waals surface area contributed by atoms with Crippen molar-refractivity contribution in [2.24, 2.45) is 17.8 Å². The highest BCUT2D eigenvalue weighted by Crippen LogP contribution is 2.30. The fourth-order valence-electron chi connectivity index (χ4n) is 2.80. The van der Waals surface area contributed by atoms with E-state index in [0.29, 0.717) is 23.8 Å². The van der Waals surface area contributed by atoms with E-state index in [1.807, 2.05) is 4.90 Å². The molecule has 0 spiro atoms. The summed E-state index contributed by atoms with van der Waals surface area (Å²) in [5, 5.41) is 0. The first-order chi connectivity index (χ1) is 7.10. The zero-order valence-corrected chi connectivity index (χ0v) is 10.6. The highest BCUT2D eigenvalue weighted by Gasteiger charge is 2.29. The van der Waals surface area contributed by atoms with Crippen molar-refractivity contribution in [3.63, 3.8) is 0 Å². The molecule has 2 nitrogen and oxygen atoms in total. The Morgan fingerprint density at radius 1 is 1.40 bits per heavy atom. The van der Waals surface area contributed by atoms with Crippen LogP contribution in [-0.2, 0) is 4.79 Å². The molecule has 0 saturated carbocycles. The van der Waals surface area contributed by atoms with Gasteiger partial charge < -0.3 is 4.90 Å². The second kappa shape index (κ2) is 5.53. The average molecular weight is 211 g/mol. The third-order valence-corrected chi connectivity index (χ3v) is 4.02. The molecular weight excluding hydrogens is 186 g/mol. The molecule has 88 valence electrons. The minimum absolute atomic E-state index is 0.464. The summed E-state index contributed by atoms with van der Waals surface area (Å²) in [5.41, 5.74) is 0. The van der Waals surface area contributed by atoms with Gasteiger partial charge in [0.1, 0.15) is 0 Å². The molecule has 1 fully saturated rings. The van der Waals surface area contributed by atoms with Gasteiger partial charge in [-0.2, -0.15) is 0 Å². The second-order valence-corrected chi connectivity index (χ2v) is 5.34. The number of hydrogen-bond acceptors (Lipinski definition) is 1. The predicted molar refractivity (Wildman–Crippen MR) is 63.6 cm³/mol. The van der Waals surface area contributed by atoms with E-state index in [4.69, 9.17) is 0 Å². The molecule has 0 aromatic rings. The molecule has 1 heterocycles. The van der Waals surface area contributed by atoms with Crippen LogP contribution >= 0.6 is 0 Å². The fourth-order valence-corrected chi connectivity index (χ4v) is 2.80. The van der Waals surface area contributed by atoms with Gasteiger partial charge in [0.05, 0.1) is 0 Å². The van der Waals surface area contributed by atoms with E-state index in [1.165, 1.54) is 12.8 Å². The first-order valence-electron chi connectivity index (χ1n) is 6.31. The summed E-state index contributed by atoms with van der Waals surface area (Å²) >= 11 is 0. The Balaban J connectivity index is 2.74. The number of carbonyl (C=O) groups excluding carboxylic acids is 1. The molecule has 1 amide bonds. The number of likely N-dealkylation sites (tertiary alicyclic amines) is 1. The minimum Gasteiger partial charge on any atom is -0.342 e. The second-order valence-electron chi connectivity index (χ2n) is 5.34. The SMILES string of the molecule is CCC1C(C)CCC(C(C)C)CN1C=O. The molecule has 0 aromatic heterocycles. The van der Waals surface area contributed by atoms with E-state index in [9.17, 15) is 4.79 Å². The van der Waals surface area contributed by atoms with Gasteiger partial charge in [-0.1, -0.05) is 27.7 Å². The topological polar surface area (TPSA) is 20.3 Å². The van der Waals surface area contributed by atoms with E-state index >= 15 is 0 Å². The minimum atomic E-state index is 0.464. The maximum Gasteiger partial charge on any atom is 0.209 e. The van der Waals surface area contributed by atoms with Crippen LogP contribution in [-0.4, -0.2) is 23.9 Å². The maximum absolute atomic E-state index is 11.1.